The van der Waals surface area contributed by atoms with Crippen LogP contribution in [0.2, 0.25) is 0 Å². The highest BCUT2D eigenvalue weighted by Crippen LogP contribution is 2.35. The molecule has 4 rings (SSSR count). The number of piperidine rings is 1. The minimum absolute atomic E-state index is 0.334. The maximum atomic E-state index is 14.3. The van der Waals surface area contributed by atoms with E-state index in [1.165, 1.54) is 12.4 Å². The fourth-order valence-electron chi connectivity index (χ4n) is 3.83. The molecule has 1 aliphatic heterocycles. The van der Waals surface area contributed by atoms with Crippen molar-refractivity contribution in [1.82, 2.24) is 14.9 Å². The lowest BCUT2D eigenvalue weighted by molar-refractivity contribution is 0.144. The number of benzene rings is 2. The van der Waals surface area contributed by atoms with Gasteiger partial charge in [0.05, 0.1) is 24.9 Å². The number of methoxy groups -OCH3 is 1. The van der Waals surface area contributed by atoms with Crippen LogP contribution in [0.4, 0.5) is 15.9 Å². The summed E-state index contributed by atoms with van der Waals surface area (Å²) < 4.78 is 26.7. The van der Waals surface area contributed by atoms with Crippen molar-refractivity contribution in [2.45, 2.75) is 19.8 Å². The normalized spacial score (nSPS) is 15.2. The second kappa shape index (κ2) is 9.78. The predicted molar refractivity (Wildman–Crippen MR) is 124 cm³/mol. The first-order valence-corrected chi connectivity index (χ1v) is 11.3. The van der Waals surface area contributed by atoms with E-state index in [0.29, 0.717) is 45.5 Å². The third-order valence-electron chi connectivity index (χ3n) is 5.73. The van der Waals surface area contributed by atoms with Crippen molar-refractivity contribution in [2.75, 3.05) is 38.7 Å². The van der Waals surface area contributed by atoms with Crippen LogP contribution >= 0.6 is 15.9 Å². The summed E-state index contributed by atoms with van der Waals surface area (Å²) in [5.74, 6) is 1.93. The molecule has 1 N–H and O–H groups in total. The molecular weight excluding hydrogens is 463 g/mol. The van der Waals surface area contributed by atoms with Crippen LogP contribution in [0.3, 0.4) is 0 Å². The maximum absolute atomic E-state index is 14.3. The number of ether oxygens (including phenoxy) is 2. The van der Waals surface area contributed by atoms with E-state index in [4.69, 9.17) is 9.47 Å². The topological polar surface area (TPSA) is 59.5 Å². The minimum Gasteiger partial charge on any atom is -0.493 e. The molecule has 1 saturated heterocycles. The molecule has 0 radical (unpaired) electrons. The summed E-state index contributed by atoms with van der Waals surface area (Å²) in [6, 6.07) is 8.53. The van der Waals surface area contributed by atoms with Crippen molar-refractivity contribution < 1.29 is 13.9 Å². The van der Waals surface area contributed by atoms with Gasteiger partial charge in [-0.05, 0) is 62.7 Å². The molecule has 0 atom stereocenters. The van der Waals surface area contributed by atoms with Gasteiger partial charge in [-0.1, -0.05) is 22.9 Å². The first-order valence-electron chi connectivity index (χ1n) is 10.5. The molecule has 0 amide bonds. The van der Waals surface area contributed by atoms with Gasteiger partial charge in [0.15, 0.2) is 11.5 Å². The monoisotopic (exact) mass is 488 g/mol. The lowest BCUT2D eigenvalue weighted by atomic mass is 9.98. The zero-order valence-corrected chi connectivity index (χ0v) is 19.3. The van der Waals surface area contributed by atoms with E-state index in [-0.39, 0.29) is 5.82 Å². The fraction of sp³-hybridized carbons (Fsp3) is 0.391. The van der Waals surface area contributed by atoms with Gasteiger partial charge in [-0.2, -0.15) is 0 Å². The smallest absolute Gasteiger partial charge is 0.163 e. The molecule has 1 aromatic heterocycles. The lowest BCUT2D eigenvalue weighted by Crippen LogP contribution is -2.35. The Morgan fingerprint density at radius 2 is 1.97 bits per heavy atom. The van der Waals surface area contributed by atoms with E-state index in [1.54, 1.807) is 19.2 Å². The van der Waals surface area contributed by atoms with Gasteiger partial charge >= 0.3 is 0 Å². The summed E-state index contributed by atoms with van der Waals surface area (Å²) in [6.45, 7) is 6.20. The van der Waals surface area contributed by atoms with E-state index in [1.807, 2.05) is 12.1 Å². The SMILES string of the molecule is CCN1CCC(COc2cc3ncnc(Nc4ccc(Br)cc4F)c3cc2OC)CC1. The highest BCUT2D eigenvalue weighted by Gasteiger charge is 2.20. The Bertz CT molecular complexity index is 1060. The zero-order chi connectivity index (χ0) is 21.8. The Morgan fingerprint density at radius 3 is 2.68 bits per heavy atom. The molecule has 3 aromatic rings. The number of aromatic nitrogens is 2. The van der Waals surface area contributed by atoms with Crippen molar-refractivity contribution in [3.8, 4) is 11.5 Å². The van der Waals surface area contributed by atoms with Crippen molar-refractivity contribution in [2.24, 2.45) is 5.92 Å². The molecule has 164 valence electrons. The Balaban J connectivity index is 1.55. The summed E-state index contributed by atoms with van der Waals surface area (Å²) in [5.41, 5.74) is 1.03. The van der Waals surface area contributed by atoms with Gasteiger partial charge in [-0.15, -0.1) is 0 Å². The van der Waals surface area contributed by atoms with Crippen LogP contribution < -0.4 is 14.8 Å². The van der Waals surface area contributed by atoms with Crippen LogP contribution in [-0.2, 0) is 0 Å². The van der Waals surface area contributed by atoms with Crippen LogP contribution in [0, 0.1) is 11.7 Å². The fourth-order valence-corrected chi connectivity index (χ4v) is 4.16. The van der Waals surface area contributed by atoms with Gasteiger partial charge in [0.1, 0.15) is 18.0 Å². The molecule has 0 aliphatic carbocycles. The molecule has 1 aliphatic rings. The lowest BCUT2D eigenvalue weighted by Gasteiger charge is -2.30. The van der Waals surface area contributed by atoms with Gasteiger partial charge in [0.2, 0.25) is 0 Å². The second-order valence-corrected chi connectivity index (χ2v) is 8.60. The molecule has 31 heavy (non-hydrogen) atoms. The first kappa shape index (κ1) is 21.8. The number of fused-ring (bicyclic) bond motifs is 1. The minimum atomic E-state index is -0.373. The van der Waals surface area contributed by atoms with E-state index >= 15 is 0 Å². The molecule has 0 unspecified atom stereocenters. The van der Waals surface area contributed by atoms with Gasteiger partial charge < -0.3 is 19.7 Å². The summed E-state index contributed by atoms with van der Waals surface area (Å²) in [7, 11) is 1.61. The van der Waals surface area contributed by atoms with E-state index in [2.05, 4.69) is 43.0 Å². The number of nitrogens with one attached hydrogen (secondary N) is 1. The van der Waals surface area contributed by atoms with Crippen molar-refractivity contribution in [1.29, 1.82) is 0 Å². The standard InChI is InChI=1S/C23H26BrFN4O2/c1-3-29-8-6-15(7-9-29)13-31-22-12-20-17(11-21(22)30-2)23(27-14-26-20)28-19-5-4-16(24)10-18(19)25/h4-5,10-12,14-15H,3,6-9,13H2,1-2H3,(H,26,27,28). The highest BCUT2D eigenvalue weighted by molar-refractivity contribution is 9.10. The molecular formula is C23H26BrFN4O2. The van der Waals surface area contributed by atoms with Gasteiger partial charge in [-0.25, -0.2) is 14.4 Å². The van der Waals surface area contributed by atoms with Gasteiger partial charge in [0.25, 0.3) is 0 Å². The summed E-state index contributed by atoms with van der Waals surface area (Å²) in [6.07, 6.45) is 3.73. The van der Waals surface area contributed by atoms with E-state index < -0.39 is 0 Å². The number of likely N-dealkylation sites (tertiary alicyclic amines) is 1. The summed E-state index contributed by atoms with van der Waals surface area (Å²) >= 11 is 3.27. The molecule has 0 saturated carbocycles. The zero-order valence-electron chi connectivity index (χ0n) is 17.7. The number of halogens is 2. The highest BCUT2D eigenvalue weighted by atomic mass is 79.9. The number of nitrogens with zero attached hydrogens (tertiary/aromatic N) is 3. The number of hydrogen-bond acceptors (Lipinski definition) is 6. The molecule has 1 fully saturated rings. The first-order chi connectivity index (χ1) is 15.1. The summed E-state index contributed by atoms with van der Waals surface area (Å²) in [4.78, 5) is 11.1. The Labute approximate surface area is 189 Å². The number of rotatable bonds is 7. The predicted octanol–water partition coefficient (Wildman–Crippen LogP) is 5.39. The second-order valence-electron chi connectivity index (χ2n) is 7.68. The number of anilines is 2. The van der Waals surface area contributed by atoms with Crippen LogP contribution in [0.1, 0.15) is 19.8 Å². The Kier molecular flexibility index (Phi) is 6.87. The van der Waals surface area contributed by atoms with Gasteiger partial charge in [0, 0.05) is 15.9 Å². The quantitative estimate of drug-likeness (QED) is 0.480. The van der Waals surface area contributed by atoms with Crippen LogP contribution in [0.15, 0.2) is 41.1 Å². The maximum Gasteiger partial charge on any atom is 0.163 e. The molecule has 0 spiro atoms. The van der Waals surface area contributed by atoms with E-state index in [0.717, 1.165) is 37.9 Å². The largest absolute Gasteiger partial charge is 0.493 e. The van der Waals surface area contributed by atoms with Crippen LogP contribution in [0.25, 0.3) is 10.9 Å². The van der Waals surface area contributed by atoms with E-state index in [9.17, 15) is 4.39 Å². The van der Waals surface area contributed by atoms with Crippen molar-refractivity contribution in [3.63, 3.8) is 0 Å². The van der Waals surface area contributed by atoms with Crippen LogP contribution in [-0.4, -0.2) is 48.2 Å². The molecule has 0 bridgehead atoms. The molecule has 8 heteroatoms. The third-order valence-corrected chi connectivity index (χ3v) is 6.23. The average Bonchev–Trinajstić information content (AvgIpc) is 2.79. The summed E-state index contributed by atoms with van der Waals surface area (Å²) in [5, 5.41) is 3.79. The Hall–Kier alpha value is -2.45. The molecule has 6 nitrogen and oxygen atoms in total. The number of hydrogen-bond donors (Lipinski definition) is 1. The molecule has 2 heterocycles. The Morgan fingerprint density at radius 1 is 1.16 bits per heavy atom. The molecule has 2 aromatic carbocycles. The average molecular weight is 489 g/mol. The third kappa shape index (κ3) is 5.07. The van der Waals surface area contributed by atoms with Crippen LogP contribution in [0.5, 0.6) is 11.5 Å². The van der Waals surface area contributed by atoms with Gasteiger partial charge in [-0.3, -0.25) is 0 Å². The van der Waals surface area contributed by atoms with Crippen molar-refractivity contribution >= 4 is 38.3 Å². The van der Waals surface area contributed by atoms with Crippen molar-refractivity contribution in [3.05, 3.63) is 46.9 Å².